The van der Waals surface area contributed by atoms with Crippen molar-refractivity contribution >= 4 is 5.91 Å². The molecule has 0 aliphatic rings. The Morgan fingerprint density at radius 2 is 1.84 bits per heavy atom. The van der Waals surface area contributed by atoms with Gasteiger partial charge in [0.15, 0.2) is 0 Å². The Hall–Kier alpha value is -3.93. The Kier molecular flexibility index (Phi) is 6.08. The zero-order chi connectivity index (χ0) is 21.6. The van der Waals surface area contributed by atoms with E-state index in [2.05, 4.69) is 15.3 Å². The average molecular weight is 415 g/mol. The minimum Gasteiger partial charge on any atom is -0.493 e. The van der Waals surface area contributed by atoms with Crippen LogP contribution in [0.2, 0.25) is 0 Å². The number of carbonyl (C=O) groups excluding carboxylic acids is 1. The molecule has 5 nitrogen and oxygen atoms in total. The smallest absolute Gasteiger partial charge is 0.255 e. The van der Waals surface area contributed by atoms with Gasteiger partial charge < -0.3 is 15.0 Å². The molecule has 0 bridgehead atoms. The third kappa shape index (κ3) is 4.80. The number of nitrogens with one attached hydrogen (secondary N) is 2. The van der Waals surface area contributed by atoms with E-state index in [0.717, 1.165) is 22.4 Å². The number of benzene rings is 3. The zero-order valence-corrected chi connectivity index (χ0v) is 17.1. The second-order valence-electron chi connectivity index (χ2n) is 6.96. The van der Waals surface area contributed by atoms with E-state index in [9.17, 15) is 9.18 Å². The number of aromatic amines is 1. The SMILES string of the molecule is CCOc1ccccc1C(=O)NCc1cccc(-c2ncc(-c3ccc(F)cc3)[nH]2)c1. The lowest BCUT2D eigenvalue weighted by atomic mass is 10.1. The van der Waals surface area contributed by atoms with Crippen molar-refractivity contribution in [3.63, 3.8) is 0 Å². The first kappa shape index (κ1) is 20.3. The summed E-state index contributed by atoms with van der Waals surface area (Å²) in [7, 11) is 0. The monoisotopic (exact) mass is 415 g/mol. The highest BCUT2D eigenvalue weighted by molar-refractivity contribution is 5.96. The lowest BCUT2D eigenvalue weighted by Gasteiger charge is -2.11. The van der Waals surface area contributed by atoms with E-state index < -0.39 is 0 Å². The highest BCUT2D eigenvalue weighted by Gasteiger charge is 2.12. The average Bonchev–Trinajstić information content (AvgIpc) is 3.29. The molecule has 1 aromatic heterocycles. The van der Waals surface area contributed by atoms with E-state index in [1.165, 1.54) is 12.1 Å². The first-order chi connectivity index (χ1) is 15.1. The standard InChI is InChI=1S/C25H22FN3O2/c1-2-31-23-9-4-3-8-21(23)25(30)28-15-17-6-5-7-19(14-17)24-27-16-22(29-24)18-10-12-20(26)13-11-18/h3-14,16H,2,15H2,1H3,(H,27,29)(H,28,30). The Balaban J connectivity index is 1.47. The molecule has 0 saturated carbocycles. The second kappa shape index (κ2) is 9.26. The quantitative estimate of drug-likeness (QED) is 0.435. The molecule has 156 valence electrons. The van der Waals surface area contributed by atoms with Crippen LogP contribution in [0.25, 0.3) is 22.6 Å². The Bertz CT molecular complexity index is 1190. The van der Waals surface area contributed by atoms with Crippen LogP contribution in [0, 0.1) is 5.82 Å². The fraction of sp³-hybridized carbons (Fsp3) is 0.120. The van der Waals surface area contributed by atoms with E-state index in [1.54, 1.807) is 30.5 Å². The number of aromatic nitrogens is 2. The molecule has 0 spiro atoms. The molecule has 0 aliphatic carbocycles. The van der Waals surface area contributed by atoms with Gasteiger partial charge in [-0.2, -0.15) is 0 Å². The molecular formula is C25H22FN3O2. The Morgan fingerprint density at radius 1 is 1.03 bits per heavy atom. The fourth-order valence-corrected chi connectivity index (χ4v) is 3.29. The molecule has 6 heteroatoms. The van der Waals surface area contributed by atoms with Crippen molar-refractivity contribution in [3.8, 4) is 28.4 Å². The van der Waals surface area contributed by atoms with Crippen molar-refractivity contribution in [2.45, 2.75) is 13.5 Å². The van der Waals surface area contributed by atoms with E-state index in [-0.39, 0.29) is 11.7 Å². The van der Waals surface area contributed by atoms with Crippen molar-refractivity contribution in [3.05, 3.63) is 95.9 Å². The minimum atomic E-state index is -0.276. The van der Waals surface area contributed by atoms with Crippen LogP contribution < -0.4 is 10.1 Å². The normalized spacial score (nSPS) is 10.6. The maximum atomic E-state index is 13.2. The van der Waals surface area contributed by atoms with Gasteiger partial charge in [0.2, 0.25) is 0 Å². The Labute approximate surface area is 179 Å². The molecule has 31 heavy (non-hydrogen) atoms. The topological polar surface area (TPSA) is 67.0 Å². The number of H-pyrrole nitrogens is 1. The van der Waals surface area contributed by atoms with E-state index in [0.29, 0.717) is 30.3 Å². The Morgan fingerprint density at radius 3 is 2.65 bits per heavy atom. The number of nitrogens with zero attached hydrogens (tertiary/aromatic N) is 1. The van der Waals surface area contributed by atoms with Gasteiger partial charge in [0, 0.05) is 12.1 Å². The number of carbonyl (C=O) groups is 1. The molecule has 3 aromatic carbocycles. The van der Waals surface area contributed by atoms with Crippen LogP contribution in [0.15, 0.2) is 79.0 Å². The lowest BCUT2D eigenvalue weighted by molar-refractivity contribution is 0.0947. The fourth-order valence-electron chi connectivity index (χ4n) is 3.29. The van der Waals surface area contributed by atoms with Crippen molar-refractivity contribution in [1.82, 2.24) is 15.3 Å². The largest absolute Gasteiger partial charge is 0.493 e. The molecule has 1 amide bonds. The van der Waals surface area contributed by atoms with Gasteiger partial charge in [0.1, 0.15) is 17.4 Å². The summed E-state index contributed by atoms with van der Waals surface area (Å²) in [4.78, 5) is 20.3. The van der Waals surface area contributed by atoms with Crippen LogP contribution in [0.1, 0.15) is 22.8 Å². The second-order valence-corrected chi connectivity index (χ2v) is 6.96. The first-order valence-corrected chi connectivity index (χ1v) is 10.0. The summed E-state index contributed by atoms with van der Waals surface area (Å²) in [5.41, 5.74) is 4.02. The number of imidazole rings is 1. The molecule has 2 N–H and O–H groups in total. The number of ether oxygens (including phenoxy) is 1. The van der Waals surface area contributed by atoms with Gasteiger partial charge in [-0.1, -0.05) is 30.3 Å². The van der Waals surface area contributed by atoms with Gasteiger partial charge in [-0.15, -0.1) is 0 Å². The van der Waals surface area contributed by atoms with Gasteiger partial charge >= 0.3 is 0 Å². The first-order valence-electron chi connectivity index (χ1n) is 10.0. The predicted octanol–water partition coefficient (Wildman–Crippen LogP) is 5.21. The lowest BCUT2D eigenvalue weighted by Crippen LogP contribution is -2.23. The molecule has 0 atom stereocenters. The summed E-state index contributed by atoms with van der Waals surface area (Å²) in [5, 5.41) is 2.94. The zero-order valence-electron chi connectivity index (χ0n) is 17.1. The molecular weight excluding hydrogens is 393 g/mol. The van der Waals surface area contributed by atoms with Gasteiger partial charge in [0.05, 0.1) is 24.1 Å². The summed E-state index contributed by atoms with van der Waals surface area (Å²) in [5.74, 6) is 0.808. The predicted molar refractivity (Wildman–Crippen MR) is 118 cm³/mol. The number of para-hydroxylation sites is 1. The summed E-state index contributed by atoms with van der Waals surface area (Å²) in [6, 6.07) is 21.2. The highest BCUT2D eigenvalue weighted by Crippen LogP contribution is 2.23. The van der Waals surface area contributed by atoms with Crippen LogP contribution in [-0.2, 0) is 6.54 Å². The number of hydrogen-bond acceptors (Lipinski definition) is 3. The van der Waals surface area contributed by atoms with Crippen molar-refractivity contribution in [2.24, 2.45) is 0 Å². The molecule has 0 saturated heterocycles. The van der Waals surface area contributed by atoms with Crippen molar-refractivity contribution < 1.29 is 13.9 Å². The third-order valence-corrected chi connectivity index (χ3v) is 4.82. The van der Waals surface area contributed by atoms with E-state index in [1.807, 2.05) is 43.3 Å². The number of halogens is 1. The molecule has 0 radical (unpaired) electrons. The number of amides is 1. The van der Waals surface area contributed by atoms with Crippen molar-refractivity contribution in [1.29, 1.82) is 0 Å². The number of hydrogen-bond donors (Lipinski definition) is 2. The summed E-state index contributed by atoms with van der Waals surface area (Å²) < 4.78 is 18.7. The summed E-state index contributed by atoms with van der Waals surface area (Å²) >= 11 is 0. The third-order valence-electron chi connectivity index (χ3n) is 4.82. The summed E-state index contributed by atoms with van der Waals surface area (Å²) in [6.45, 7) is 2.75. The molecule has 4 aromatic rings. The van der Waals surface area contributed by atoms with E-state index >= 15 is 0 Å². The molecule has 0 fully saturated rings. The van der Waals surface area contributed by atoms with Crippen LogP contribution >= 0.6 is 0 Å². The minimum absolute atomic E-state index is 0.189. The van der Waals surface area contributed by atoms with Crippen LogP contribution in [0.4, 0.5) is 4.39 Å². The summed E-state index contributed by atoms with van der Waals surface area (Å²) in [6.07, 6.45) is 1.72. The van der Waals surface area contributed by atoms with Crippen LogP contribution in [-0.4, -0.2) is 22.5 Å². The van der Waals surface area contributed by atoms with Gasteiger partial charge in [-0.3, -0.25) is 4.79 Å². The van der Waals surface area contributed by atoms with Gasteiger partial charge in [-0.05, 0) is 60.5 Å². The van der Waals surface area contributed by atoms with Crippen LogP contribution in [0.5, 0.6) is 5.75 Å². The van der Waals surface area contributed by atoms with Crippen LogP contribution in [0.3, 0.4) is 0 Å². The maximum Gasteiger partial charge on any atom is 0.255 e. The highest BCUT2D eigenvalue weighted by atomic mass is 19.1. The molecule has 1 heterocycles. The molecule has 0 aliphatic heterocycles. The molecule has 4 rings (SSSR count). The number of rotatable bonds is 7. The van der Waals surface area contributed by atoms with Crippen molar-refractivity contribution in [2.75, 3.05) is 6.61 Å². The molecule has 0 unspecified atom stereocenters. The van der Waals surface area contributed by atoms with E-state index in [4.69, 9.17) is 4.74 Å². The van der Waals surface area contributed by atoms with Gasteiger partial charge in [0.25, 0.3) is 5.91 Å². The van der Waals surface area contributed by atoms with Gasteiger partial charge in [-0.25, -0.2) is 9.37 Å². The maximum absolute atomic E-state index is 13.2.